The van der Waals surface area contributed by atoms with E-state index in [1.54, 1.807) is 13.8 Å². The molecule has 0 saturated heterocycles. The van der Waals surface area contributed by atoms with Crippen molar-refractivity contribution in [2.24, 2.45) is 11.3 Å². The van der Waals surface area contributed by atoms with Gasteiger partial charge in [0.15, 0.2) is 0 Å². The number of rotatable bonds is 2. The minimum Gasteiger partial charge on any atom is -0.481 e. The molecule has 1 aromatic heterocycles. The molecule has 2 atom stereocenters. The number of hydrogen-bond donors (Lipinski definition) is 1. The summed E-state index contributed by atoms with van der Waals surface area (Å²) in [7, 11) is 0. The molecule has 0 amide bonds. The van der Waals surface area contributed by atoms with Gasteiger partial charge in [0.05, 0.1) is 11.5 Å². The first-order valence-electron chi connectivity index (χ1n) is 5.41. The summed E-state index contributed by atoms with van der Waals surface area (Å²) in [5, 5.41) is 9.02. The number of carboxylic acid groups (broad SMARTS) is 1. The molecular weight excluding hydrogens is 247 g/mol. The molecule has 98 valence electrons. The van der Waals surface area contributed by atoms with Crippen LogP contribution in [-0.2, 0) is 11.0 Å². The van der Waals surface area contributed by atoms with E-state index in [4.69, 9.17) is 5.11 Å². The molecule has 2 rings (SSSR count). The van der Waals surface area contributed by atoms with Gasteiger partial charge in [0.1, 0.15) is 0 Å². The maximum atomic E-state index is 12.8. The second-order valence-corrected chi connectivity index (χ2v) is 5.08. The number of nitrogens with zero attached hydrogens (tertiary/aromatic N) is 1. The van der Waals surface area contributed by atoms with E-state index in [1.165, 1.54) is 12.3 Å². The third-order valence-electron chi connectivity index (χ3n) is 3.59. The molecule has 1 heterocycles. The van der Waals surface area contributed by atoms with E-state index in [0.717, 1.165) is 6.20 Å². The first-order valence-corrected chi connectivity index (χ1v) is 5.41. The Labute approximate surface area is 102 Å². The van der Waals surface area contributed by atoms with Crippen LogP contribution in [0.25, 0.3) is 0 Å². The van der Waals surface area contributed by atoms with Gasteiger partial charge in [0.2, 0.25) is 0 Å². The van der Waals surface area contributed by atoms with E-state index in [9.17, 15) is 18.0 Å². The van der Waals surface area contributed by atoms with Gasteiger partial charge in [-0.25, -0.2) is 0 Å². The van der Waals surface area contributed by atoms with E-state index in [2.05, 4.69) is 4.98 Å². The third kappa shape index (κ3) is 1.85. The third-order valence-corrected chi connectivity index (χ3v) is 3.59. The Morgan fingerprint density at radius 3 is 2.50 bits per heavy atom. The molecule has 0 spiro atoms. The maximum absolute atomic E-state index is 12.8. The summed E-state index contributed by atoms with van der Waals surface area (Å²) in [5.74, 6) is -2.45. The van der Waals surface area contributed by atoms with Crippen molar-refractivity contribution in [1.82, 2.24) is 4.98 Å². The fourth-order valence-corrected chi connectivity index (χ4v) is 2.59. The highest BCUT2D eigenvalue weighted by Gasteiger charge is 2.64. The number of pyridine rings is 1. The number of aliphatic carboxylic acids is 1. The van der Waals surface area contributed by atoms with Crippen LogP contribution in [-0.4, -0.2) is 16.1 Å². The van der Waals surface area contributed by atoms with Gasteiger partial charge in [-0.05, 0) is 17.0 Å². The second-order valence-electron chi connectivity index (χ2n) is 5.08. The van der Waals surface area contributed by atoms with Crippen LogP contribution in [0.2, 0.25) is 0 Å². The Bertz CT molecular complexity index is 496. The highest BCUT2D eigenvalue weighted by molar-refractivity contribution is 5.77. The zero-order valence-corrected chi connectivity index (χ0v) is 9.82. The Morgan fingerprint density at radius 2 is 2.06 bits per heavy atom. The normalized spacial score (nSPS) is 25.8. The van der Waals surface area contributed by atoms with Gasteiger partial charge in [-0.2, -0.15) is 13.2 Å². The number of alkyl halides is 3. The maximum Gasteiger partial charge on any atom is 0.418 e. The number of carboxylic acids is 1. The van der Waals surface area contributed by atoms with Crippen LogP contribution in [0.4, 0.5) is 13.2 Å². The van der Waals surface area contributed by atoms with Crippen LogP contribution in [0, 0.1) is 11.3 Å². The van der Waals surface area contributed by atoms with Crippen LogP contribution < -0.4 is 0 Å². The van der Waals surface area contributed by atoms with Crippen molar-refractivity contribution in [3.8, 4) is 0 Å². The average molecular weight is 259 g/mol. The molecule has 0 aliphatic heterocycles. The number of aromatic nitrogens is 1. The molecule has 1 aliphatic rings. The SMILES string of the molecule is CC1(C)[C@H](C(=O)O)[C@H]1c1ccncc1C(F)(F)F. The standard InChI is InChI=1S/C12H12F3NO2/c1-11(2)8(9(11)10(17)18)6-3-4-16-5-7(6)12(13,14)15/h3-5,8-9H,1-2H3,(H,17,18)/t8-,9+/m1/s1. The fourth-order valence-electron chi connectivity index (χ4n) is 2.59. The molecular formula is C12H12F3NO2. The highest BCUT2D eigenvalue weighted by atomic mass is 19.4. The molecule has 1 saturated carbocycles. The summed E-state index contributed by atoms with van der Waals surface area (Å²) in [6, 6.07) is 1.26. The van der Waals surface area contributed by atoms with Gasteiger partial charge < -0.3 is 5.11 Å². The lowest BCUT2D eigenvalue weighted by molar-refractivity contribution is -0.140. The van der Waals surface area contributed by atoms with Crippen molar-refractivity contribution in [1.29, 1.82) is 0 Å². The van der Waals surface area contributed by atoms with E-state index in [0.29, 0.717) is 0 Å². The number of carbonyl (C=O) groups is 1. The smallest absolute Gasteiger partial charge is 0.418 e. The monoisotopic (exact) mass is 259 g/mol. The molecule has 0 bridgehead atoms. The number of hydrogen-bond acceptors (Lipinski definition) is 2. The summed E-state index contributed by atoms with van der Waals surface area (Å²) in [4.78, 5) is 14.5. The summed E-state index contributed by atoms with van der Waals surface area (Å²) in [6.07, 6.45) is -2.49. The topological polar surface area (TPSA) is 50.2 Å². The molecule has 0 radical (unpaired) electrons. The first-order chi connectivity index (χ1) is 8.17. The fraction of sp³-hybridized carbons (Fsp3) is 0.500. The summed E-state index contributed by atoms with van der Waals surface area (Å²) < 4.78 is 38.5. The van der Waals surface area contributed by atoms with Crippen molar-refractivity contribution in [3.05, 3.63) is 29.6 Å². The summed E-state index contributed by atoms with van der Waals surface area (Å²) in [6.45, 7) is 3.33. The second kappa shape index (κ2) is 3.70. The van der Waals surface area contributed by atoms with Gasteiger partial charge >= 0.3 is 12.1 Å². The van der Waals surface area contributed by atoms with Crippen molar-refractivity contribution < 1.29 is 23.1 Å². The quantitative estimate of drug-likeness (QED) is 0.888. The van der Waals surface area contributed by atoms with Crippen LogP contribution in [0.1, 0.15) is 30.9 Å². The molecule has 1 fully saturated rings. The van der Waals surface area contributed by atoms with E-state index >= 15 is 0 Å². The van der Waals surface area contributed by atoms with Crippen LogP contribution in [0.3, 0.4) is 0 Å². The lowest BCUT2D eigenvalue weighted by Crippen LogP contribution is -2.10. The van der Waals surface area contributed by atoms with Crippen molar-refractivity contribution in [2.75, 3.05) is 0 Å². The lowest BCUT2D eigenvalue weighted by Gasteiger charge is -2.12. The van der Waals surface area contributed by atoms with Gasteiger partial charge in [-0.15, -0.1) is 0 Å². The molecule has 0 aromatic carbocycles. The van der Waals surface area contributed by atoms with Gasteiger partial charge in [0, 0.05) is 18.3 Å². The largest absolute Gasteiger partial charge is 0.481 e. The predicted molar refractivity (Wildman–Crippen MR) is 56.9 cm³/mol. The van der Waals surface area contributed by atoms with Crippen molar-refractivity contribution in [2.45, 2.75) is 25.9 Å². The summed E-state index contributed by atoms with van der Waals surface area (Å²) in [5.41, 5.74) is -1.48. The molecule has 6 heteroatoms. The number of halogens is 3. The molecule has 1 N–H and O–H groups in total. The van der Waals surface area contributed by atoms with Gasteiger partial charge in [-0.1, -0.05) is 13.8 Å². The Kier molecular flexibility index (Phi) is 2.64. The van der Waals surface area contributed by atoms with E-state index < -0.39 is 35.0 Å². The molecule has 1 aromatic rings. The van der Waals surface area contributed by atoms with Crippen molar-refractivity contribution in [3.63, 3.8) is 0 Å². The van der Waals surface area contributed by atoms with E-state index in [-0.39, 0.29) is 5.56 Å². The van der Waals surface area contributed by atoms with Crippen LogP contribution in [0.5, 0.6) is 0 Å². The Morgan fingerprint density at radius 1 is 1.44 bits per heavy atom. The minimum atomic E-state index is -4.51. The predicted octanol–water partition coefficient (Wildman–Crippen LogP) is 2.92. The van der Waals surface area contributed by atoms with Crippen molar-refractivity contribution >= 4 is 5.97 Å². The van der Waals surface area contributed by atoms with Crippen LogP contribution >= 0.6 is 0 Å². The lowest BCUT2D eigenvalue weighted by atomic mass is 9.99. The van der Waals surface area contributed by atoms with Crippen LogP contribution in [0.15, 0.2) is 18.5 Å². The molecule has 0 unspecified atom stereocenters. The Balaban J connectivity index is 2.46. The molecule has 1 aliphatic carbocycles. The molecule has 18 heavy (non-hydrogen) atoms. The first kappa shape index (κ1) is 12.9. The van der Waals surface area contributed by atoms with Gasteiger partial charge in [-0.3, -0.25) is 9.78 Å². The minimum absolute atomic E-state index is 0.0231. The zero-order chi connectivity index (χ0) is 13.7. The summed E-state index contributed by atoms with van der Waals surface area (Å²) >= 11 is 0. The zero-order valence-electron chi connectivity index (χ0n) is 9.82. The molecule has 3 nitrogen and oxygen atoms in total. The van der Waals surface area contributed by atoms with E-state index in [1.807, 2.05) is 0 Å². The van der Waals surface area contributed by atoms with Gasteiger partial charge in [0.25, 0.3) is 0 Å². The Hall–Kier alpha value is -1.59. The highest BCUT2D eigenvalue weighted by Crippen LogP contribution is 2.65. The average Bonchev–Trinajstić information content (AvgIpc) is 2.80.